The van der Waals surface area contributed by atoms with Crippen molar-refractivity contribution in [1.82, 2.24) is 0 Å². The summed E-state index contributed by atoms with van der Waals surface area (Å²) in [5, 5.41) is 0. The fourth-order valence-corrected chi connectivity index (χ4v) is 2.05. The summed E-state index contributed by atoms with van der Waals surface area (Å²) >= 11 is 0. The molecular weight excluding hydrogens is 192 g/mol. The van der Waals surface area contributed by atoms with Gasteiger partial charge in [-0.2, -0.15) is 0 Å². The van der Waals surface area contributed by atoms with Crippen LogP contribution in [-0.4, -0.2) is 0 Å². The molecule has 1 aromatic rings. The molecule has 0 amide bonds. The molecule has 0 spiro atoms. The summed E-state index contributed by atoms with van der Waals surface area (Å²) in [5.74, 6) is 1.72. The molecular formula is C16H26. The Morgan fingerprint density at radius 1 is 0.875 bits per heavy atom. The summed E-state index contributed by atoms with van der Waals surface area (Å²) in [7, 11) is 0. The molecule has 0 aromatic heterocycles. The van der Waals surface area contributed by atoms with Crippen molar-refractivity contribution in [3.05, 3.63) is 35.4 Å². The molecule has 16 heavy (non-hydrogen) atoms. The summed E-state index contributed by atoms with van der Waals surface area (Å²) in [4.78, 5) is 0. The van der Waals surface area contributed by atoms with Crippen LogP contribution in [0.15, 0.2) is 24.3 Å². The minimum atomic E-state index is 0.861. The van der Waals surface area contributed by atoms with Crippen LogP contribution in [0.3, 0.4) is 0 Å². The van der Waals surface area contributed by atoms with Gasteiger partial charge in [-0.05, 0) is 35.8 Å². The van der Waals surface area contributed by atoms with E-state index in [0.29, 0.717) is 0 Å². The third-order valence-electron chi connectivity index (χ3n) is 3.67. The summed E-state index contributed by atoms with van der Waals surface area (Å²) in [6.45, 7) is 9.08. The van der Waals surface area contributed by atoms with Gasteiger partial charge in [0, 0.05) is 0 Å². The Kier molecular flexibility index (Phi) is 5.59. The molecule has 0 aliphatic heterocycles. The van der Waals surface area contributed by atoms with Gasteiger partial charge in [0.15, 0.2) is 0 Å². The first-order valence-electron chi connectivity index (χ1n) is 6.75. The van der Waals surface area contributed by atoms with E-state index in [1.165, 1.54) is 25.7 Å². The van der Waals surface area contributed by atoms with Gasteiger partial charge >= 0.3 is 0 Å². The van der Waals surface area contributed by atoms with Crippen LogP contribution in [0.1, 0.15) is 51.7 Å². The molecule has 0 saturated heterocycles. The molecule has 0 nitrogen and oxygen atoms in total. The van der Waals surface area contributed by atoms with Crippen molar-refractivity contribution in [3.63, 3.8) is 0 Å². The largest absolute Gasteiger partial charge is 0.0654 e. The van der Waals surface area contributed by atoms with Gasteiger partial charge in [-0.1, -0.05) is 64.8 Å². The first-order chi connectivity index (χ1) is 7.69. The normalized spacial score (nSPS) is 23.0. The number of hydrogen-bond acceptors (Lipinski definition) is 0. The quantitative estimate of drug-likeness (QED) is 0.631. The fraction of sp³-hybridized carbons (Fsp3) is 0.625. The fourth-order valence-electron chi connectivity index (χ4n) is 2.05. The van der Waals surface area contributed by atoms with Crippen molar-refractivity contribution < 1.29 is 0 Å². The van der Waals surface area contributed by atoms with E-state index in [4.69, 9.17) is 0 Å². The van der Waals surface area contributed by atoms with Gasteiger partial charge in [-0.15, -0.1) is 0 Å². The number of benzene rings is 1. The zero-order valence-corrected chi connectivity index (χ0v) is 11.3. The lowest BCUT2D eigenvalue weighted by Crippen LogP contribution is -2.20. The molecule has 2 rings (SSSR count). The van der Waals surface area contributed by atoms with E-state index < -0.39 is 0 Å². The molecule has 0 saturated carbocycles. The highest BCUT2D eigenvalue weighted by atomic mass is 14.3. The highest BCUT2D eigenvalue weighted by molar-refractivity contribution is 5.30. The minimum Gasteiger partial charge on any atom is -0.0654 e. The van der Waals surface area contributed by atoms with Gasteiger partial charge < -0.3 is 0 Å². The predicted octanol–water partition coefficient (Wildman–Crippen LogP) is 4.86. The maximum atomic E-state index is 2.36. The Morgan fingerprint density at radius 3 is 1.56 bits per heavy atom. The third-order valence-corrected chi connectivity index (χ3v) is 3.67. The topological polar surface area (TPSA) is 0 Å². The Bertz CT molecular complexity index is 270. The first kappa shape index (κ1) is 13.3. The molecule has 1 aliphatic rings. The number of hydrogen-bond donors (Lipinski definition) is 0. The Morgan fingerprint density at radius 2 is 1.25 bits per heavy atom. The van der Waals surface area contributed by atoms with Crippen molar-refractivity contribution in [1.29, 1.82) is 0 Å². The number of fused-ring (bicyclic) bond motifs is 1. The first-order valence-corrected chi connectivity index (χ1v) is 6.75. The maximum Gasteiger partial charge on any atom is -0.0248 e. The van der Waals surface area contributed by atoms with Crippen LogP contribution < -0.4 is 0 Å². The van der Waals surface area contributed by atoms with E-state index in [9.17, 15) is 0 Å². The van der Waals surface area contributed by atoms with Crippen LogP contribution in [0.4, 0.5) is 0 Å². The molecule has 90 valence electrons. The number of unbranched alkanes of at least 4 members (excludes halogenated alkanes) is 1. The minimum absolute atomic E-state index is 0.861. The standard InChI is InChI=1S/C12H16.C4H10/c1-9-7-11-5-3-4-6-12(11)8-10(9)2;1-3-4-2/h3-6,9-10H,7-8H2,1-2H3;3-4H2,1-2H3/t9-,10?;/m1./s1. The second-order valence-corrected chi connectivity index (χ2v) is 5.13. The SMILES string of the molecule is CC1Cc2ccccc2C[C@H]1C.CCCC. The third kappa shape index (κ3) is 3.66. The van der Waals surface area contributed by atoms with Crippen molar-refractivity contribution in [2.75, 3.05) is 0 Å². The lowest BCUT2D eigenvalue weighted by atomic mass is 9.78. The van der Waals surface area contributed by atoms with E-state index in [-0.39, 0.29) is 0 Å². The molecule has 0 heterocycles. The van der Waals surface area contributed by atoms with Crippen molar-refractivity contribution >= 4 is 0 Å². The predicted molar refractivity (Wildman–Crippen MR) is 72.8 cm³/mol. The second kappa shape index (κ2) is 6.73. The van der Waals surface area contributed by atoms with E-state index >= 15 is 0 Å². The van der Waals surface area contributed by atoms with Crippen molar-refractivity contribution in [3.8, 4) is 0 Å². The summed E-state index contributed by atoms with van der Waals surface area (Å²) < 4.78 is 0. The Hall–Kier alpha value is -0.780. The van der Waals surface area contributed by atoms with Gasteiger partial charge in [0.05, 0.1) is 0 Å². The van der Waals surface area contributed by atoms with Crippen molar-refractivity contribution in [2.45, 2.75) is 53.4 Å². The van der Waals surface area contributed by atoms with Crippen LogP contribution in [0.5, 0.6) is 0 Å². The second-order valence-electron chi connectivity index (χ2n) is 5.13. The summed E-state index contributed by atoms with van der Waals surface area (Å²) in [6.07, 6.45) is 5.19. The molecule has 1 unspecified atom stereocenters. The van der Waals surface area contributed by atoms with E-state index in [1.807, 2.05) is 0 Å². The Labute approximate surface area is 101 Å². The average molecular weight is 218 g/mol. The van der Waals surface area contributed by atoms with Crippen molar-refractivity contribution in [2.24, 2.45) is 11.8 Å². The smallest absolute Gasteiger partial charge is 0.0248 e. The van der Waals surface area contributed by atoms with Gasteiger partial charge in [0.25, 0.3) is 0 Å². The monoisotopic (exact) mass is 218 g/mol. The Balaban J connectivity index is 0.000000280. The molecule has 0 N–H and O–H groups in total. The van der Waals surface area contributed by atoms with E-state index in [1.54, 1.807) is 11.1 Å². The molecule has 0 fully saturated rings. The van der Waals surface area contributed by atoms with Crippen LogP contribution >= 0.6 is 0 Å². The van der Waals surface area contributed by atoms with Gasteiger partial charge in [-0.25, -0.2) is 0 Å². The summed E-state index contributed by atoms with van der Waals surface area (Å²) in [5.41, 5.74) is 3.14. The molecule has 0 bridgehead atoms. The lowest BCUT2D eigenvalue weighted by molar-refractivity contribution is 0.361. The maximum absolute atomic E-state index is 2.36. The van der Waals surface area contributed by atoms with Crippen LogP contribution in [0.2, 0.25) is 0 Å². The zero-order chi connectivity index (χ0) is 12.0. The van der Waals surface area contributed by atoms with Crippen LogP contribution in [0.25, 0.3) is 0 Å². The van der Waals surface area contributed by atoms with Crippen LogP contribution in [-0.2, 0) is 12.8 Å². The lowest BCUT2D eigenvalue weighted by Gasteiger charge is -2.27. The van der Waals surface area contributed by atoms with E-state index in [2.05, 4.69) is 52.0 Å². The van der Waals surface area contributed by atoms with Gasteiger partial charge in [0.2, 0.25) is 0 Å². The highest BCUT2D eigenvalue weighted by Crippen LogP contribution is 2.29. The van der Waals surface area contributed by atoms with Crippen LogP contribution in [0, 0.1) is 11.8 Å². The molecule has 1 aliphatic carbocycles. The van der Waals surface area contributed by atoms with Gasteiger partial charge in [-0.3, -0.25) is 0 Å². The van der Waals surface area contributed by atoms with Gasteiger partial charge in [0.1, 0.15) is 0 Å². The molecule has 1 aromatic carbocycles. The average Bonchev–Trinajstić information content (AvgIpc) is 2.31. The molecule has 2 atom stereocenters. The highest BCUT2D eigenvalue weighted by Gasteiger charge is 2.20. The zero-order valence-electron chi connectivity index (χ0n) is 11.3. The summed E-state index contributed by atoms with van der Waals surface area (Å²) in [6, 6.07) is 8.86. The number of rotatable bonds is 1. The van der Waals surface area contributed by atoms with E-state index in [0.717, 1.165) is 11.8 Å². The molecule has 0 heteroatoms. The molecule has 0 radical (unpaired) electrons.